The fourth-order valence-electron chi connectivity index (χ4n) is 2.48. The molecule has 0 unspecified atom stereocenters. The molecule has 1 aliphatic heterocycles. The van der Waals surface area contributed by atoms with Gasteiger partial charge in [0.15, 0.2) is 5.70 Å². The fraction of sp³-hybridized carbons (Fsp3) is 0.0476. The Morgan fingerprint density at radius 3 is 2.56 bits per heavy atom. The first-order valence-electron chi connectivity index (χ1n) is 8.20. The monoisotopic (exact) mass is 360 g/mol. The molecule has 6 nitrogen and oxygen atoms in total. The van der Waals surface area contributed by atoms with E-state index in [1.165, 1.54) is 18.2 Å². The van der Waals surface area contributed by atoms with Crippen molar-refractivity contribution in [1.82, 2.24) is 0 Å². The summed E-state index contributed by atoms with van der Waals surface area (Å²) in [5.74, 6) is -0.389. The van der Waals surface area contributed by atoms with Crippen molar-refractivity contribution >= 4 is 29.7 Å². The van der Waals surface area contributed by atoms with Crippen molar-refractivity contribution in [2.45, 2.75) is 6.92 Å². The van der Waals surface area contributed by atoms with Crippen LogP contribution in [-0.4, -0.2) is 16.8 Å². The predicted molar refractivity (Wildman–Crippen MR) is 104 cm³/mol. The van der Waals surface area contributed by atoms with Crippen LogP contribution in [0.25, 0.3) is 12.2 Å². The van der Waals surface area contributed by atoms with Crippen LogP contribution in [0.1, 0.15) is 18.1 Å². The molecule has 0 N–H and O–H groups in total. The highest BCUT2D eigenvalue weighted by Crippen LogP contribution is 2.18. The molecular formula is C21H16N2O4. The number of non-ortho nitro benzene ring substituents is 1. The third-order valence-corrected chi connectivity index (χ3v) is 3.69. The molecule has 2 aromatic carbocycles. The summed E-state index contributed by atoms with van der Waals surface area (Å²) in [6, 6.07) is 15.9. The number of hydrogen-bond acceptors (Lipinski definition) is 5. The van der Waals surface area contributed by atoms with Gasteiger partial charge in [-0.05, 0) is 35.8 Å². The van der Waals surface area contributed by atoms with Crippen molar-refractivity contribution in [2.75, 3.05) is 0 Å². The van der Waals surface area contributed by atoms with Crippen LogP contribution in [0.5, 0.6) is 0 Å². The van der Waals surface area contributed by atoms with Crippen LogP contribution in [-0.2, 0) is 9.53 Å². The number of esters is 1. The van der Waals surface area contributed by atoms with Crippen LogP contribution >= 0.6 is 0 Å². The number of cyclic esters (lactones) is 1. The molecule has 0 amide bonds. The Balaban J connectivity index is 1.77. The van der Waals surface area contributed by atoms with E-state index in [4.69, 9.17) is 4.74 Å². The number of benzene rings is 2. The van der Waals surface area contributed by atoms with Crippen LogP contribution < -0.4 is 0 Å². The Hall–Kier alpha value is -3.80. The van der Waals surface area contributed by atoms with Gasteiger partial charge in [0, 0.05) is 18.2 Å². The highest BCUT2D eigenvalue weighted by Gasteiger charge is 2.21. The highest BCUT2D eigenvalue weighted by molar-refractivity contribution is 6.10. The molecule has 134 valence electrons. The summed E-state index contributed by atoms with van der Waals surface area (Å²) in [5.41, 5.74) is 2.69. The summed E-state index contributed by atoms with van der Waals surface area (Å²) in [6.07, 6.45) is 6.71. The topological polar surface area (TPSA) is 81.8 Å². The van der Waals surface area contributed by atoms with Crippen LogP contribution in [0.3, 0.4) is 0 Å². The minimum atomic E-state index is -0.533. The van der Waals surface area contributed by atoms with E-state index in [0.717, 1.165) is 11.1 Å². The molecule has 0 atom stereocenters. The molecule has 0 aliphatic carbocycles. The van der Waals surface area contributed by atoms with Crippen molar-refractivity contribution in [1.29, 1.82) is 0 Å². The molecule has 1 heterocycles. The van der Waals surface area contributed by atoms with Gasteiger partial charge in [0.05, 0.1) is 4.92 Å². The number of aliphatic imine (C=N–C) groups is 1. The largest absolute Gasteiger partial charge is 0.403 e. The number of nitro groups is 1. The zero-order chi connectivity index (χ0) is 19.2. The standard InChI is InChI=1S/C21H16N2O4/c1-15(12-16-6-3-2-4-7-16)13-19-21(24)27-20(22-19)11-10-17-8-5-9-18(14-17)23(25)26/h2-14H,1H3. The number of carbonyl (C=O) groups is 1. The van der Waals surface area contributed by atoms with E-state index in [1.54, 1.807) is 24.3 Å². The van der Waals surface area contributed by atoms with Crippen LogP contribution in [0.15, 0.2) is 83.0 Å². The average Bonchev–Trinajstić information content (AvgIpc) is 3.00. The van der Waals surface area contributed by atoms with E-state index in [9.17, 15) is 14.9 Å². The molecule has 27 heavy (non-hydrogen) atoms. The summed E-state index contributed by atoms with van der Waals surface area (Å²) in [7, 11) is 0. The zero-order valence-corrected chi connectivity index (χ0v) is 14.5. The van der Waals surface area contributed by atoms with Crippen LogP contribution in [0.2, 0.25) is 0 Å². The number of nitrogens with zero attached hydrogens (tertiary/aromatic N) is 2. The van der Waals surface area contributed by atoms with Crippen LogP contribution in [0.4, 0.5) is 5.69 Å². The van der Waals surface area contributed by atoms with Crippen molar-refractivity contribution in [3.63, 3.8) is 0 Å². The third kappa shape index (κ3) is 4.85. The maximum Gasteiger partial charge on any atom is 0.363 e. The summed E-state index contributed by atoms with van der Waals surface area (Å²) in [5, 5.41) is 10.8. The average molecular weight is 360 g/mol. The Labute approximate surface area is 156 Å². The molecule has 0 spiro atoms. The van der Waals surface area contributed by atoms with Crippen molar-refractivity contribution in [3.05, 3.63) is 99.3 Å². The maximum atomic E-state index is 12.0. The van der Waals surface area contributed by atoms with Crippen LogP contribution in [0, 0.1) is 10.1 Å². The van der Waals surface area contributed by atoms with Crippen molar-refractivity contribution in [3.8, 4) is 0 Å². The second-order valence-electron chi connectivity index (χ2n) is 5.85. The van der Waals surface area contributed by atoms with E-state index in [2.05, 4.69) is 4.99 Å². The number of carbonyl (C=O) groups excluding carboxylic acids is 1. The molecule has 6 heteroatoms. The lowest BCUT2D eigenvalue weighted by Crippen LogP contribution is -2.01. The van der Waals surface area contributed by atoms with Gasteiger partial charge in [-0.2, -0.15) is 0 Å². The lowest BCUT2D eigenvalue weighted by atomic mass is 10.1. The lowest BCUT2D eigenvalue weighted by molar-refractivity contribution is -0.384. The molecular weight excluding hydrogens is 344 g/mol. The Bertz CT molecular complexity index is 1000. The van der Waals surface area contributed by atoms with Gasteiger partial charge >= 0.3 is 5.97 Å². The second kappa shape index (κ2) is 8.05. The summed E-state index contributed by atoms with van der Waals surface area (Å²) in [6.45, 7) is 1.87. The molecule has 0 saturated carbocycles. The Kier molecular flexibility index (Phi) is 5.37. The van der Waals surface area contributed by atoms with E-state index in [1.807, 2.05) is 43.3 Å². The minimum absolute atomic E-state index is 0.00948. The quantitative estimate of drug-likeness (QED) is 0.339. The normalized spacial score (nSPS) is 15.9. The highest BCUT2D eigenvalue weighted by atomic mass is 16.6. The predicted octanol–water partition coefficient (Wildman–Crippen LogP) is 4.55. The van der Waals surface area contributed by atoms with Gasteiger partial charge in [-0.15, -0.1) is 0 Å². The second-order valence-corrected chi connectivity index (χ2v) is 5.85. The number of hydrogen-bond donors (Lipinski definition) is 0. The molecule has 0 fully saturated rings. The van der Waals surface area contributed by atoms with Gasteiger partial charge in [-0.25, -0.2) is 9.79 Å². The SMILES string of the molecule is CC(=Cc1ccccc1)C=C1N=C(C=Cc2cccc([N+](=O)[O-])c2)OC1=O. The Morgan fingerprint density at radius 2 is 1.81 bits per heavy atom. The number of ether oxygens (including phenoxy) is 1. The molecule has 3 rings (SSSR count). The Morgan fingerprint density at radius 1 is 1.07 bits per heavy atom. The van der Waals surface area contributed by atoms with Gasteiger partial charge in [-0.3, -0.25) is 10.1 Å². The fourth-order valence-corrected chi connectivity index (χ4v) is 2.48. The van der Waals surface area contributed by atoms with E-state index < -0.39 is 10.9 Å². The summed E-state index contributed by atoms with van der Waals surface area (Å²) >= 11 is 0. The first kappa shape index (κ1) is 18.0. The van der Waals surface area contributed by atoms with E-state index in [0.29, 0.717) is 5.56 Å². The molecule has 0 bridgehead atoms. The zero-order valence-electron chi connectivity index (χ0n) is 14.5. The number of rotatable bonds is 5. The summed E-state index contributed by atoms with van der Waals surface area (Å²) < 4.78 is 5.12. The van der Waals surface area contributed by atoms with E-state index >= 15 is 0 Å². The van der Waals surface area contributed by atoms with Gasteiger partial charge in [0.1, 0.15) is 0 Å². The van der Waals surface area contributed by atoms with Gasteiger partial charge in [0.25, 0.3) is 5.69 Å². The van der Waals surface area contributed by atoms with Gasteiger partial charge in [-0.1, -0.05) is 48.5 Å². The molecule has 1 aliphatic rings. The lowest BCUT2D eigenvalue weighted by Gasteiger charge is -1.95. The van der Waals surface area contributed by atoms with Gasteiger partial charge in [0.2, 0.25) is 5.90 Å². The van der Waals surface area contributed by atoms with Crippen molar-refractivity contribution < 1.29 is 14.5 Å². The first-order valence-corrected chi connectivity index (χ1v) is 8.20. The molecule has 0 saturated heterocycles. The minimum Gasteiger partial charge on any atom is -0.403 e. The van der Waals surface area contributed by atoms with Gasteiger partial charge < -0.3 is 4.74 Å². The third-order valence-electron chi connectivity index (χ3n) is 3.69. The van der Waals surface area contributed by atoms with Crippen molar-refractivity contribution in [2.24, 2.45) is 4.99 Å². The number of nitro benzene ring substituents is 1. The maximum absolute atomic E-state index is 12.0. The smallest absolute Gasteiger partial charge is 0.363 e. The first-order chi connectivity index (χ1) is 13.0. The van der Waals surface area contributed by atoms with E-state index in [-0.39, 0.29) is 17.3 Å². The number of allylic oxidation sites excluding steroid dienone is 2. The summed E-state index contributed by atoms with van der Waals surface area (Å²) in [4.78, 5) is 26.5. The molecule has 2 aromatic rings. The molecule has 0 radical (unpaired) electrons. The molecule has 0 aromatic heterocycles.